The van der Waals surface area contributed by atoms with Gasteiger partial charge in [0.1, 0.15) is 11.6 Å². The zero-order chi connectivity index (χ0) is 21.8. The van der Waals surface area contributed by atoms with E-state index in [4.69, 9.17) is 9.72 Å². The molecular weight excluding hydrogens is 435 g/mol. The number of hydrogen-bond acceptors (Lipinski definition) is 6. The highest BCUT2D eigenvalue weighted by Gasteiger charge is 2.32. The SMILES string of the molecule is CCOc1ccc(Cc2csc(N3CCC(S(=O)(=O)c4ccc(F)cc4)CC3)n2)cc1. The Hall–Kier alpha value is -2.45. The summed E-state index contributed by atoms with van der Waals surface area (Å²) in [6.07, 6.45) is 1.82. The van der Waals surface area contributed by atoms with Crippen LogP contribution < -0.4 is 9.64 Å². The molecule has 1 aliphatic heterocycles. The molecule has 2 heterocycles. The lowest BCUT2D eigenvalue weighted by atomic mass is 10.1. The van der Waals surface area contributed by atoms with Gasteiger partial charge in [0, 0.05) is 24.9 Å². The number of sulfone groups is 1. The van der Waals surface area contributed by atoms with Crippen LogP contribution in [0.5, 0.6) is 5.75 Å². The number of ether oxygens (including phenoxy) is 1. The molecule has 0 N–H and O–H groups in total. The summed E-state index contributed by atoms with van der Waals surface area (Å²) in [5.74, 6) is 0.433. The van der Waals surface area contributed by atoms with Crippen LogP contribution in [-0.4, -0.2) is 38.3 Å². The Morgan fingerprint density at radius 1 is 1.10 bits per heavy atom. The number of piperidine rings is 1. The Balaban J connectivity index is 1.36. The van der Waals surface area contributed by atoms with Crippen molar-refractivity contribution in [1.82, 2.24) is 4.98 Å². The van der Waals surface area contributed by atoms with Gasteiger partial charge in [-0.3, -0.25) is 0 Å². The highest BCUT2D eigenvalue weighted by atomic mass is 32.2. The van der Waals surface area contributed by atoms with Gasteiger partial charge in [-0.2, -0.15) is 0 Å². The molecule has 0 amide bonds. The van der Waals surface area contributed by atoms with Crippen molar-refractivity contribution < 1.29 is 17.5 Å². The summed E-state index contributed by atoms with van der Waals surface area (Å²) in [4.78, 5) is 7.11. The van der Waals surface area contributed by atoms with E-state index in [2.05, 4.69) is 22.4 Å². The van der Waals surface area contributed by atoms with E-state index in [9.17, 15) is 12.8 Å². The van der Waals surface area contributed by atoms with E-state index in [1.807, 2.05) is 19.1 Å². The maximum Gasteiger partial charge on any atom is 0.185 e. The molecule has 1 aliphatic rings. The van der Waals surface area contributed by atoms with E-state index >= 15 is 0 Å². The van der Waals surface area contributed by atoms with Crippen LogP contribution in [0, 0.1) is 5.82 Å². The number of anilines is 1. The van der Waals surface area contributed by atoms with Gasteiger partial charge < -0.3 is 9.64 Å². The standard InChI is InChI=1S/C23H25FN2O3S2/c1-2-29-20-7-3-17(4-8-20)15-19-16-30-23(25-19)26-13-11-22(12-14-26)31(27,28)21-9-5-18(24)6-10-21/h3-10,16,22H,2,11-15H2,1H3. The largest absolute Gasteiger partial charge is 0.494 e. The first-order chi connectivity index (χ1) is 15.0. The van der Waals surface area contributed by atoms with Gasteiger partial charge in [0.25, 0.3) is 0 Å². The molecule has 8 heteroatoms. The lowest BCUT2D eigenvalue weighted by Crippen LogP contribution is -2.39. The molecule has 3 aromatic rings. The topological polar surface area (TPSA) is 59.5 Å². The Bertz CT molecular complexity index is 1100. The minimum Gasteiger partial charge on any atom is -0.494 e. The quantitative estimate of drug-likeness (QED) is 0.478. The molecular formula is C23H25FN2O3S2. The molecule has 0 aliphatic carbocycles. The van der Waals surface area contributed by atoms with Crippen LogP contribution in [0.3, 0.4) is 0 Å². The summed E-state index contributed by atoms with van der Waals surface area (Å²) >= 11 is 1.59. The fourth-order valence-electron chi connectivity index (χ4n) is 3.78. The third-order valence-electron chi connectivity index (χ3n) is 5.45. The monoisotopic (exact) mass is 460 g/mol. The number of aromatic nitrogens is 1. The number of hydrogen-bond donors (Lipinski definition) is 0. The first-order valence-electron chi connectivity index (χ1n) is 10.4. The van der Waals surface area contributed by atoms with Crippen LogP contribution >= 0.6 is 11.3 Å². The first-order valence-corrected chi connectivity index (χ1v) is 12.8. The molecule has 0 saturated carbocycles. The summed E-state index contributed by atoms with van der Waals surface area (Å²) in [6, 6.07) is 13.1. The molecule has 31 heavy (non-hydrogen) atoms. The van der Waals surface area contributed by atoms with Gasteiger partial charge in [-0.15, -0.1) is 11.3 Å². The zero-order valence-electron chi connectivity index (χ0n) is 17.3. The first kappa shape index (κ1) is 21.8. The van der Waals surface area contributed by atoms with Crippen molar-refractivity contribution in [2.45, 2.75) is 36.3 Å². The van der Waals surface area contributed by atoms with Gasteiger partial charge >= 0.3 is 0 Å². The maximum absolute atomic E-state index is 13.1. The molecule has 164 valence electrons. The number of nitrogens with zero attached hydrogens (tertiary/aromatic N) is 2. The summed E-state index contributed by atoms with van der Waals surface area (Å²) in [7, 11) is -3.45. The van der Waals surface area contributed by atoms with E-state index in [1.54, 1.807) is 11.3 Å². The lowest BCUT2D eigenvalue weighted by Gasteiger charge is -2.31. The van der Waals surface area contributed by atoms with E-state index in [-0.39, 0.29) is 4.90 Å². The Morgan fingerprint density at radius 3 is 2.42 bits per heavy atom. The van der Waals surface area contributed by atoms with Gasteiger partial charge in [-0.25, -0.2) is 17.8 Å². The predicted molar refractivity (Wildman–Crippen MR) is 121 cm³/mol. The molecule has 0 unspecified atom stereocenters. The normalized spacial score (nSPS) is 15.2. The van der Waals surface area contributed by atoms with Crippen molar-refractivity contribution >= 4 is 26.3 Å². The maximum atomic E-state index is 13.1. The summed E-state index contributed by atoms with van der Waals surface area (Å²) < 4.78 is 44.3. The second-order valence-corrected chi connectivity index (χ2v) is 10.6. The Kier molecular flexibility index (Phi) is 6.57. The van der Waals surface area contributed by atoms with Crippen molar-refractivity contribution in [2.24, 2.45) is 0 Å². The van der Waals surface area contributed by atoms with Crippen LogP contribution in [0.15, 0.2) is 58.8 Å². The van der Waals surface area contributed by atoms with Crippen molar-refractivity contribution in [3.8, 4) is 5.75 Å². The van der Waals surface area contributed by atoms with Gasteiger partial charge in [0.2, 0.25) is 0 Å². The minimum absolute atomic E-state index is 0.194. The van der Waals surface area contributed by atoms with Gasteiger partial charge in [-0.1, -0.05) is 12.1 Å². The average Bonchev–Trinajstić information content (AvgIpc) is 3.24. The van der Waals surface area contributed by atoms with E-state index in [0.29, 0.717) is 32.5 Å². The Morgan fingerprint density at radius 2 is 1.77 bits per heavy atom. The smallest absolute Gasteiger partial charge is 0.185 e. The van der Waals surface area contributed by atoms with E-state index in [1.165, 1.54) is 29.8 Å². The predicted octanol–water partition coefficient (Wildman–Crippen LogP) is 4.71. The van der Waals surface area contributed by atoms with Crippen molar-refractivity contribution in [1.29, 1.82) is 0 Å². The molecule has 0 bridgehead atoms. The number of rotatable bonds is 7. The third kappa shape index (κ3) is 5.07. The van der Waals surface area contributed by atoms with Crippen LogP contribution in [0.2, 0.25) is 0 Å². The number of halogens is 1. The molecule has 0 atom stereocenters. The van der Waals surface area contributed by atoms with Gasteiger partial charge in [0.05, 0.1) is 22.4 Å². The molecule has 0 radical (unpaired) electrons. The van der Waals surface area contributed by atoms with Crippen molar-refractivity contribution in [3.63, 3.8) is 0 Å². The molecule has 5 nitrogen and oxygen atoms in total. The van der Waals surface area contributed by atoms with Crippen LogP contribution in [0.25, 0.3) is 0 Å². The zero-order valence-corrected chi connectivity index (χ0v) is 19.0. The molecule has 2 aromatic carbocycles. The number of benzene rings is 2. The second-order valence-electron chi connectivity index (χ2n) is 7.56. The van der Waals surface area contributed by atoms with Crippen LogP contribution in [0.4, 0.5) is 9.52 Å². The Labute approximate surface area is 186 Å². The molecule has 1 fully saturated rings. The minimum atomic E-state index is -3.45. The van der Waals surface area contributed by atoms with E-state index in [0.717, 1.165) is 23.0 Å². The molecule has 0 spiro atoms. The van der Waals surface area contributed by atoms with E-state index < -0.39 is 20.9 Å². The lowest BCUT2D eigenvalue weighted by molar-refractivity contribution is 0.340. The number of thiazole rings is 1. The van der Waals surface area contributed by atoms with Gasteiger partial charge in [0.15, 0.2) is 15.0 Å². The highest BCUT2D eigenvalue weighted by molar-refractivity contribution is 7.92. The summed E-state index contributed by atoms with van der Waals surface area (Å²) in [5.41, 5.74) is 2.18. The fourth-order valence-corrected chi connectivity index (χ4v) is 6.39. The summed E-state index contributed by atoms with van der Waals surface area (Å²) in [6.45, 7) is 3.89. The third-order valence-corrected chi connectivity index (χ3v) is 8.68. The van der Waals surface area contributed by atoms with Gasteiger partial charge in [-0.05, 0) is 61.7 Å². The molecule has 4 rings (SSSR count). The fraction of sp³-hybridized carbons (Fsp3) is 0.348. The molecule has 1 saturated heterocycles. The van der Waals surface area contributed by atoms with Crippen LogP contribution in [-0.2, 0) is 16.3 Å². The second kappa shape index (κ2) is 9.36. The molecule has 1 aromatic heterocycles. The van der Waals surface area contributed by atoms with Crippen molar-refractivity contribution in [2.75, 3.05) is 24.6 Å². The van der Waals surface area contributed by atoms with Crippen LogP contribution in [0.1, 0.15) is 31.0 Å². The highest BCUT2D eigenvalue weighted by Crippen LogP contribution is 2.29. The van der Waals surface area contributed by atoms with Crippen molar-refractivity contribution in [3.05, 3.63) is 71.0 Å². The average molecular weight is 461 g/mol. The summed E-state index contributed by atoms with van der Waals surface area (Å²) in [5, 5.41) is 2.55.